The van der Waals surface area contributed by atoms with Crippen molar-refractivity contribution in [1.29, 1.82) is 5.26 Å². The number of nitrogens with zero attached hydrogens (tertiary/aromatic N) is 2. The predicted octanol–water partition coefficient (Wildman–Crippen LogP) is 2.47. The van der Waals surface area contributed by atoms with Crippen molar-refractivity contribution in [3.8, 4) is 6.07 Å². The van der Waals surface area contributed by atoms with Gasteiger partial charge in [0.1, 0.15) is 0 Å². The molecular weight excluding hydrogens is 302 g/mol. The lowest BCUT2D eigenvalue weighted by Crippen LogP contribution is -2.55. The van der Waals surface area contributed by atoms with Crippen molar-refractivity contribution in [2.75, 3.05) is 13.1 Å². The summed E-state index contributed by atoms with van der Waals surface area (Å²) < 4.78 is 0. The molecule has 0 aromatic heterocycles. The van der Waals surface area contributed by atoms with Crippen LogP contribution >= 0.6 is 0 Å². The molecule has 5 nitrogen and oxygen atoms in total. The van der Waals surface area contributed by atoms with Gasteiger partial charge in [-0.15, -0.1) is 0 Å². The first-order chi connectivity index (χ1) is 11.6. The second kappa shape index (κ2) is 6.64. The van der Waals surface area contributed by atoms with Gasteiger partial charge in [-0.05, 0) is 50.5 Å². The Balaban J connectivity index is 1.69. The lowest BCUT2D eigenvalue weighted by atomic mass is 9.74. The molecule has 2 aliphatic rings. The number of benzene rings is 1. The normalized spacial score (nSPS) is 25.9. The molecule has 2 amide bonds. The van der Waals surface area contributed by atoms with E-state index in [0.717, 1.165) is 32.2 Å². The van der Waals surface area contributed by atoms with Gasteiger partial charge in [0.15, 0.2) is 0 Å². The van der Waals surface area contributed by atoms with Crippen molar-refractivity contribution >= 4 is 11.8 Å². The SMILES string of the molecule is CCN1C(=O)CC[C@]2(CNC(=O)c3ccc(C#N)cc3)CCC[C@@H]12. The molecule has 1 saturated carbocycles. The van der Waals surface area contributed by atoms with Crippen LogP contribution in [0.25, 0.3) is 0 Å². The van der Waals surface area contributed by atoms with Gasteiger partial charge in [0, 0.05) is 36.5 Å². The Morgan fingerprint density at radius 2 is 2.12 bits per heavy atom. The van der Waals surface area contributed by atoms with Gasteiger partial charge in [0.25, 0.3) is 5.91 Å². The zero-order valence-electron chi connectivity index (χ0n) is 14.0. The minimum atomic E-state index is -0.112. The Morgan fingerprint density at radius 1 is 1.38 bits per heavy atom. The number of nitriles is 1. The zero-order chi connectivity index (χ0) is 17.2. The molecule has 0 spiro atoms. The van der Waals surface area contributed by atoms with E-state index in [-0.39, 0.29) is 23.3 Å². The maximum absolute atomic E-state index is 12.4. The van der Waals surface area contributed by atoms with E-state index < -0.39 is 0 Å². The van der Waals surface area contributed by atoms with Crippen molar-refractivity contribution in [1.82, 2.24) is 10.2 Å². The van der Waals surface area contributed by atoms with Gasteiger partial charge in [-0.1, -0.05) is 6.42 Å². The van der Waals surface area contributed by atoms with Crippen LogP contribution in [0.2, 0.25) is 0 Å². The second-order valence-electron chi connectivity index (χ2n) is 6.82. The summed E-state index contributed by atoms with van der Waals surface area (Å²) in [6.45, 7) is 3.39. The Labute approximate surface area is 142 Å². The fourth-order valence-electron chi connectivity index (χ4n) is 4.32. The van der Waals surface area contributed by atoms with Gasteiger partial charge >= 0.3 is 0 Å². The highest BCUT2D eigenvalue weighted by Gasteiger charge is 2.49. The van der Waals surface area contributed by atoms with E-state index in [1.807, 2.05) is 11.8 Å². The molecule has 0 unspecified atom stereocenters. The van der Waals surface area contributed by atoms with Crippen LogP contribution in [0.4, 0.5) is 0 Å². The second-order valence-corrected chi connectivity index (χ2v) is 6.82. The Hall–Kier alpha value is -2.35. The van der Waals surface area contributed by atoms with E-state index in [4.69, 9.17) is 5.26 Å². The first-order valence-electron chi connectivity index (χ1n) is 8.67. The van der Waals surface area contributed by atoms with Crippen LogP contribution in [0, 0.1) is 16.7 Å². The van der Waals surface area contributed by atoms with Crippen molar-refractivity contribution in [2.24, 2.45) is 5.41 Å². The molecule has 0 radical (unpaired) electrons. The number of hydrogen-bond acceptors (Lipinski definition) is 3. The van der Waals surface area contributed by atoms with Gasteiger partial charge in [-0.3, -0.25) is 9.59 Å². The van der Waals surface area contributed by atoms with Crippen molar-refractivity contribution < 1.29 is 9.59 Å². The summed E-state index contributed by atoms with van der Waals surface area (Å²) in [5, 5.41) is 11.9. The van der Waals surface area contributed by atoms with Crippen molar-refractivity contribution in [3.05, 3.63) is 35.4 Å². The molecule has 1 aromatic carbocycles. The van der Waals surface area contributed by atoms with Crippen molar-refractivity contribution in [2.45, 2.75) is 45.1 Å². The largest absolute Gasteiger partial charge is 0.351 e. The van der Waals surface area contributed by atoms with E-state index in [2.05, 4.69) is 11.4 Å². The summed E-state index contributed by atoms with van der Waals surface area (Å²) in [6, 6.07) is 8.98. The number of carbonyl (C=O) groups is 2. The molecule has 5 heteroatoms. The molecule has 1 heterocycles. The topological polar surface area (TPSA) is 73.2 Å². The van der Waals surface area contributed by atoms with Crippen LogP contribution < -0.4 is 5.32 Å². The molecule has 126 valence electrons. The van der Waals surface area contributed by atoms with Gasteiger partial charge in [-0.25, -0.2) is 0 Å². The zero-order valence-corrected chi connectivity index (χ0v) is 14.0. The first kappa shape index (κ1) is 16.5. The molecule has 1 saturated heterocycles. The number of nitrogens with one attached hydrogen (secondary N) is 1. The molecule has 1 aliphatic carbocycles. The van der Waals surface area contributed by atoms with Crippen LogP contribution in [0.15, 0.2) is 24.3 Å². The molecule has 2 atom stereocenters. The Morgan fingerprint density at radius 3 is 2.79 bits per heavy atom. The number of rotatable bonds is 4. The standard InChI is InChI=1S/C19H23N3O2/c1-2-22-16-4-3-10-19(16,11-9-17(22)23)13-21-18(24)15-7-5-14(12-20)6-8-15/h5-8,16H,2-4,9-11,13H2,1H3,(H,21,24)/t16-,19+/m1/s1. The average molecular weight is 325 g/mol. The maximum Gasteiger partial charge on any atom is 0.251 e. The summed E-state index contributed by atoms with van der Waals surface area (Å²) >= 11 is 0. The van der Waals surface area contributed by atoms with Gasteiger partial charge in [0.2, 0.25) is 5.91 Å². The van der Waals surface area contributed by atoms with Gasteiger partial charge in [0.05, 0.1) is 11.6 Å². The van der Waals surface area contributed by atoms with Gasteiger partial charge in [-0.2, -0.15) is 5.26 Å². The third-order valence-corrected chi connectivity index (χ3v) is 5.61. The predicted molar refractivity (Wildman–Crippen MR) is 90.2 cm³/mol. The van der Waals surface area contributed by atoms with Crippen molar-refractivity contribution in [3.63, 3.8) is 0 Å². The van der Waals surface area contributed by atoms with Crippen LogP contribution in [0.5, 0.6) is 0 Å². The molecule has 2 fully saturated rings. The molecule has 24 heavy (non-hydrogen) atoms. The summed E-state index contributed by atoms with van der Waals surface area (Å²) in [6.07, 6.45) is 4.65. The first-order valence-corrected chi connectivity index (χ1v) is 8.67. The number of hydrogen-bond donors (Lipinski definition) is 1. The summed E-state index contributed by atoms with van der Waals surface area (Å²) in [7, 11) is 0. The summed E-state index contributed by atoms with van der Waals surface area (Å²) in [5.74, 6) is 0.137. The monoisotopic (exact) mass is 325 g/mol. The van der Waals surface area contributed by atoms with Crippen LogP contribution in [0.1, 0.15) is 54.9 Å². The quantitative estimate of drug-likeness (QED) is 0.924. The molecule has 3 rings (SSSR count). The Bertz CT molecular complexity index is 677. The van der Waals surface area contributed by atoms with E-state index in [1.54, 1.807) is 24.3 Å². The summed E-state index contributed by atoms with van der Waals surface area (Å²) in [5.41, 5.74) is 1.14. The molecule has 1 aromatic rings. The van der Waals surface area contributed by atoms with Crippen LogP contribution in [-0.4, -0.2) is 35.8 Å². The highest BCUT2D eigenvalue weighted by molar-refractivity contribution is 5.94. The lowest BCUT2D eigenvalue weighted by Gasteiger charge is -2.46. The average Bonchev–Trinajstić information content (AvgIpc) is 3.04. The van der Waals surface area contributed by atoms with E-state index in [0.29, 0.717) is 24.1 Å². The third kappa shape index (κ3) is 2.89. The third-order valence-electron chi connectivity index (χ3n) is 5.61. The number of amides is 2. The van der Waals surface area contributed by atoms with Crippen LogP contribution in [-0.2, 0) is 4.79 Å². The number of carbonyl (C=O) groups excluding carboxylic acids is 2. The molecule has 1 N–H and O–H groups in total. The van der Waals surface area contributed by atoms with Gasteiger partial charge < -0.3 is 10.2 Å². The molecule has 0 bridgehead atoms. The minimum absolute atomic E-state index is 0.0200. The molecular formula is C19H23N3O2. The highest BCUT2D eigenvalue weighted by atomic mass is 16.2. The minimum Gasteiger partial charge on any atom is -0.351 e. The maximum atomic E-state index is 12.4. The Kier molecular flexibility index (Phi) is 4.57. The van der Waals surface area contributed by atoms with E-state index >= 15 is 0 Å². The summed E-state index contributed by atoms with van der Waals surface area (Å²) in [4.78, 5) is 26.6. The highest BCUT2D eigenvalue weighted by Crippen LogP contribution is 2.47. The smallest absolute Gasteiger partial charge is 0.251 e. The molecule has 1 aliphatic heterocycles. The van der Waals surface area contributed by atoms with E-state index in [1.165, 1.54) is 0 Å². The fraction of sp³-hybridized carbons (Fsp3) is 0.526. The lowest BCUT2D eigenvalue weighted by molar-refractivity contribution is -0.141. The van der Waals surface area contributed by atoms with E-state index in [9.17, 15) is 9.59 Å². The fourth-order valence-corrected chi connectivity index (χ4v) is 4.32. The number of likely N-dealkylation sites (tertiary alicyclic amines) is 1. The van der Waals surface area contributed by atoms with Crippen LogP contribution in [0.3, 0.4) is 0 Å². The number of fused-ring (bicyclic) bond motifs is 1. The number of piperidine rings is 1.